The SMILES string of the molecule is CC(C)CN1CCN(C(=O)c2ccccc2SCC(=O)N2CCCC2)CC1. The zero-order chi connectivity index (χ0) is 19.2. The average molecular weight is 390 g/mol. The fraction of sp³-hybridized carbons (Fsp3) is 0.619. The zero-order valence-corrected chi connectivity index (χ0v) is 17.3. The molecule has 2 fully saturated rings. The minimum atomic E-state index is 0.0934. The van der Waals surface area contributed by atoms with Crippen molar-refractivity contribution < 1.29 is 9.59 Å². The predicted octanol–water partition coefficient (Wildman–Crippen LogP) is 2.81. The molecule has 0 radical (unpaired) electrons. The summed E-state index contributed by atoms with van der Waals surface area (Å²) in [6.07, 6.45) is 2.21. The van der Waals surface area contributed by atoms with Crippen molar-refractivity contribution in [3.63, 3.8) is 0 Å². The van der Waals surface area contributed by atoms with Gasteiger partial charge in [0.05, 0.1) is 11.3 Å². The maximum atomic E-state index is 13.0. The van der Waals surface area contributed by atoms with Crippen LogP contribution in [0.15, 0.2) is 29.2 Å². The van der Waals surface area contributed by atoms with Crippen LogP contribution in [-0.4, -0.2) is 78.1 Å². The summed E-state index contributed by atoms with van der Waals surface area (Å²) < 4.78 is 0. The Kier molecular flexibility index (Phi) is 7.19. The zero-order valence-electron chi connectivity index (χ0n) is 16.5. The molecule has 148 valence electrons. The summed E-state index contributed by atoms with van der Waals surface area (Å²) in [7, 11) is 0. The topological polar surface area (TPSA) is 43.9 Å². The van der Waals surface area contributed by atoms with Crippen molar-refractivity contribution in [1.82, 2.24) is 14.7 Å². The fourth-order valence-electron chi connectivity index (χ4n) is 3.79. The smallest absolute Gasteiger partial charge is 0.255 e. The first kappa shape index (κ1) is 20.2. The first-order chi connectivity index (χ1) is 13.0. The number of rotatable bonds is 6. The van der Waals surface area contributed by atoms with Crippen molar-refractivity contribution in [3.05, 3.63) is 29.8 Å². The Balaban J connectivity index is 1.58. The second-order valence-corrected chi connectivity index (χ2v) is 8.88. The molecule has 0 aliphatic carbocycles. The van der Waals surface area contributed by atoms with E-state index in [-0.39, 0.29) is 11.8 Å². The molecule has 0 bridgehead atoms. The lowest BCUT2D eigenvalue weighted by molar-refractivity contribution is -0.127. The molecule has 0 aromatic heterocycles. The number of carbonyl (C=O) groups excluding carboxylic acids is 2. The molecule has 1 aromatic rings. The van der Waals surface area contributed by atoms with E-state index in [4.69, 9.17) is 0 Å². The van der Waals surface area contributed by atoms with Gasteiger partial charge >= 0.3 is 0 Å². The van der Waals surface area contributed by atoms with Gasteiger partial charge in [0.2, 0.25) is 5.91 Å². The lowest BCUT2D eigenvalue weighted by Gasteiger charge is -2.35. The van der Waals surface area contributed by atoms with Gasteiger partial charge in [-0.05, 0) is 30.9 Å². The lowest BCUT2D eigenvalue weighted by atomic mass is 10.1. The first-order valence-electron chi connectivity index (χ1n) is 10.1. The van der Waals surface area contributed by atoms with Gasteiger partial charge in [-0.25, -0.2) is 0 Å². The molecule has 0 saturated carbocycles. The van der Waals surface area contributed by atoms with Gasteiger partial charge in [-0.15, -0.1) is 11.8 Å². The van der Waals surface area contributed by atoms with E-state index in [1.165, 1.54) is 11.8 Å². The van der Waals surface area contributed by atoms with E-state index in [0.29, 0.717) is 11.7 Å². The van der Waals surface area contributed by atoms with E-state index in [0.717, 1.165) is 69.1 Å². The van der Waals surface area contributed by atoms with E-state index >= 15 is 0 Å². The number of hydrogen-bond donors (Lipinski definition) is 0. The number of thioether (sulfide) groups is 1. The molecule has 2 heterocycles. The third-order valence-corrected chi connectivity index (χ3v) is 6.27. The minimum absolute atomic E-state index is 0.0934. The van der Waals surface area contributed by atoms with Crippen LogP contribution in [0.4, 0.5) is 0 Å². The molecular weight excluding hydrogens is 358 g/mol. The summed E-state index contributed by atoms with van der Waals surface area (Å²) in [6.45, 7) is 10.7. The number of likely N-dealkylation sites (tertiary alicyclic amines) is 1. The van der Waals surface area contributed by atoms with Gasteiger partial charge in [0, 0.05) is 50.7 Å². The molecule has 2 amide bonds. The average Bonchev–Trinajstić information content (AvgIpc) is 3.21. The lowest BCUT2D eigenvalue weighted by Crippen LogP contribution is -2.49. The molecule has 0 N–H and O–H groups in total. The van der Waals surface area contributed by atoms with Crippen molar-refractivity contribution in [1.29, 1.82) is 0 Å². The van der Waals surface area contributed by atoms with Gasteiger partial charge in [-0.3, -0.25) is 14.5 Å². The molecule has 0 atom stereocenters. The van der Waals surface area contributed by atoms with Crippen LogP contribution >= 0.6 is 11.8 Å². The maximum Gasteiger partial charge on any atom is 0.255 e. The van der Waals surface area contributed by atoms with Crippen LogP contribution in [0.5, 0.6) is 0 Å². The Hall–Kier alpha value is -1.53. The van der Waals surface area contributed by atoms with Crippen LogP contribution in [0, 0.1) is 5.92 Å². The predicted molar refractivity (Wildman–Crippen MR) is 110 cm³/mol. The number of amides is 2. The monoisotopic (exact) mass is 389 g/mol. The molecular formula is C21H31N3O2S. The normalized spacial score (nSPS) is 18.3. The number of carbonyl (C=O) groups is 2. The standard InChI is InChI=1S/C21H31N3O2S/c1-17(2)15-22-11-13-24(14-12-22)21(26)18-7-3-4-8-19(18)27-16-20(25)23-9-5-6-10-23/h3-4,7-8,17H,5-6,9-16H2,1-2H3. The van der Waals surface area contributed by atoms with E-state index < -0.39 is 0 Å². The number of hydrogen-bond acceptors (Lipinski definition) is 4. The summed E-state index contributed by atoms with van der Waals surface area (Å²) in [4.78, 5) is 32.6. The highest BCUT2D eigenvalue weighted by Crippen LogP contribution is 2.25. The van der Waals surface area contributed by atoms with Crippen molar-refractivity contribution in [3.8, 4) is 0 Å². The Labute approximate surface area is 167 Å². The van der Waals surface area contributed by atoms with E-state index in [1.807, 2.05) is 34.1 Å². The van der Waals surface area contributed by atoms with Crippen LogP contribution in [0.1, 0.15) is 37.0 Å². The van der Waals surface area contributed by atoms with Crippen molar-refractivity contribution >= 4 is 23.6 Å². The minimum Gasteiger partial charge on any atom is -0.342 e. The second kappa shape index (κ2) is 9.60. The Bertz CT molecular complexity index is 651. The summed E-state index contributed by atoms with van der Waals surface area (Å²) in [5, 5.41) is 0. The Morgan fingerprint density at radius 2 is 1.63 bits per heavy atom. The van der Waals surface area contributed by atoms with E-state index in [2.05, 4.69) is 18.7 Å². The highest BCUT2D eigenvalue weighted by Gasteiger charge is 2.25. The van der Waals surface area contributed by atoms with Gasteiger partial charge in [0.25, 0.3) is 5.91 Å². The van der Waals surface area contributed by atoms with Crippen LogP contribution < -0.4 is 0 Å². The molecule has 27 heavy (non-hydrogen) atoms. The van der Waals surface area contributed by atoms with Crippen LogP contribution in [0.3, 0.4) is 0 Å². The molecule has 2 aliphatic heterocycles. The summed E-state index contributed by atoms with van der Waals surface area (Å²) >= 11 is 1.49. The quantitative estimate of drug-likeness (QED) is 0.702. The highest BCUT2D eigenvalue weighted by atomic mass is 32.2. The van der Waals surface area contributed by atoms with Crippen molar-refractivity contribution in [2.75, 3.05) is 51.6 Å². The molecule has 0 unspecified atom stereocenters. The fourth-order valence-corrected chi connectivity index (χ4v) is 4.73. The van der Waals surface area contributed by atoms with E-state index in [9.17, 15) is 9.59 Å². The second-order valence-electron chi connectivity index (χ2n) is 7.86. The molecule has 2 saturated heterocycles. The summed E-state index contributed by atoms with van der Waals surface area (Å²) in [6, 6.07) is 7.71. The van der Waals surface area contributed by atoms with Gasteiger partial charge in [-0.2, -0.15) is 0 Å². The van der Waals surface area contributed by atoms with Gasteiger partial charge in [-0.1, -0.05) is 26.0 Å². The molecule has 1 aromatic carbocycles. The van der Waals surface area contributed by atoms with Gasteiger partial charge in [0.1, 0.15) is 0 Å². The van der Waals surface area contributed by atoms with Crippen LogP contribution in [0.25, 0.3) is 0 Å². The van der Waals surface area contributed by atoms with E-state index in [1.54, 1.807) is 0 Å². The van der Waals surface area contributed by atoms with Gasteiger partial charge in [0.15, 0.2) is 0 Å². The third-order valence-electron chi connectivity index (χ3n) is 5.21. The molecule has 2 aliphatic rings. The summed E-state index contributed by atoms with van der Waals surface area (Å²) in [5.74, 6) is 1.34. The van der Waals surface area contributed by atoms with Gasteiger partial charge < -0.3 is 9.80 Å². The van der Waals surface area contributed by atoms with Crippen LogP contribution in [-0.2, 0) is 4.79 Å². The highest BCUT2D eigenvalue weighted by molar-refractivity contribution is 8.00. The van der Waals surface area contributed by atoms with Crippen molar-refractivity contribution in [2.45, 2.75) is 31.6 Å². The summed E-state index contributed by atoms with van der Waals surface area (Å²) in [5.41, 5.74) is 0.731. The first-order valence-corrected chi connectivity index (χ1v) is 11.0. The van der Waals surface area contributed by atoms with Crippen LogP contribution in [0.2, 0.25) is 0 Å². The molecule has 6 heteroatoms. The molecule has 3 rings (SSSR count). The maximum absolute atomic E-state index is 13.0. The number of piperazine rings is 1. The number of nitrogens with zero attached hydrogens (tertiary/aromatic N) is 3. The molecule has 5 nitrogen and oxygen atoms in total. The Morgan fingerprint density at radius 3 is 2.30 bits per heavy atom. The number of benzene rings is 1. The molecule has 0 spiro atoms. The van der Waals surface area contributed by atoms with Crippen molar-refractivity contribution in [2.24, 2.45) is 5.92 Å². The Morgan fingerprint density at radius 1 is 0.963 bits per heavy atom. The third kappa shape index (κ3) is 5.48. The largest absolute Gasteiger partial charge is 0.342 e.